The van der Waals surface area contributed by atoms with E-state index < -0.39 is 0 Å². The van der Waals surface area contributed by atoms with Gasteiger partial charge in [-0.3, -0.25) is 14.3 Å². The van der Waals surface area contributed by atoms with Crippen LogP contribution in [0, 0.1) is 6.92 Å². The molecular formula is C25H23N3O3. The van der Waals surface area contributed by atoms with Crippen LogP contribution in [0.5, 0.6) is 5.75 Å². The van der Waals surface area contributed by atoms with Gasteiger partial charge in [0.25, 0.3) is 11.5 Å². The molecule has 156 valence electrons. The number of aromatic nitrogens is 2. The van der Waals surface area contributed by atoms with Crippen molar-refractivity contribution in [2.75, 3.05) is 5.32 Å². The van der Waals surface area contributed by atoms with Crippen molar-refractivity contribution in [3.05, 3.63) is 112 Å². The maximum Gasteiger partial charge on any atom is 0.295 e. The van der Waals surface area contributed by atoms with Crippen molar-refractivity contribution < 1.29 is 9.53 Å². The van der Waals surface area contributed by atoms with Gasteiger partial charge in [-0.25, -0.2) is 4.68 Å². The zero-order chi connectivity index (χ0) is 21.8. The fraction of sp³-hybridized carbons (Fsp3) is 0.120. The number of hydrogen-bond donors (Lipinski definition) is 1. The van der Waals surface area contributed by atoms with Crippen LogP contribution in [0.25, 0.3) is 5.69 Å². The Morgan fingerprint density at radius 1 is 0.903 bits per heavy atom. The molecule has 1 amide bonds. The SMILES string of the molecule is Cc1c(NC(=O)c2ccc(OCc3ccccc3)cc2)c(=O)n(-c2ccccc2)n1C. The molecule has 0 aliphatic heterocycles. The van der Waals surface area contributed by atoms with E-state index in [1.165, 1.54) is 4.68 Å². The summed E-state index contributed by atoms with van der Waals surface area (Å²) < 4.78 is 9.03. The minimum absolute atomic E-state index is 0.265. The lowest BCUT2D eigenvalue weighted by Crippen LogP contribution is -2.22. The number of nitrogens with zero attached hydrogens (tertiary/aromatic N) is 2. The van der Waals surface area contributed by atoms with Gasteiger partial charge in [-0.2, -0.15) is 0 Å². The first-order chi connectivity index (χ1) is 15.0. The van der Waals surface area contributed by atoms with E-state index in [4.69, 9.17) is 4.74 Å². The van der Waals surface area contributed by atoms with Crippen LogP contribution < -0.4 is 15.6 Å². The predicted octanol–water partition coefficient (Wildman–Crippen LogP) is 4.32. The maximum atomic E-state index is 13.0. The molecule has 31 heavy (non-hydrogen) atoms. The summed E-state index contributed by atoms with van der Waals surface area (Å²) in [6.07, 6.45) is 0. The summed E-state index contributed by atoms with van der Waals surface area (Å²) in [5.74, 6) is 0.323. The molecule has 0 unspecified atom stereocenters. The number of nitrogens with one attached hydrogen (secondary N) is 1. The third-order valence-corrected chi connectivity index (χ3v) is 5.16. The third-order valence-electron chi connectivity index (χ3n) is 5.16. The smallest absolute Gasteiger partial charge is 0.295 e. The van der Waals surface area contributed by atoms with Gasteiger partial charge in [0.05, 0.1) is 11.4 Å². The van der Waals surface area contributed by atoms with Gasteiger partial charge in [-0.15, -0.1) is 0 Å². The van der Waals surface area contributed by atoms with Crippen molar-refractivity contribution in [1.29, 1.82) is 0 Å². The maximum absolute atomic E-state index is 13.0. The molecule has 6 heteroatoms. The average molecular weight is 413 g/mol. The summed E-state index contributed by atoms with van der Waals surface area (Å²) in [6.45, 7) is 2.26. The number of carbonyl (C=O) groups excluding carboxylic acids is 1. The second kappa shape index (κ2) is 8.75. The Morgan fingerprint density at radius 2 is 1.52 bits per heavy atom. The first kappa shape index (κ1) is 20.2. The Balaban J connectivity index is 1.49. The lowest BCUT2D eigenvalue weighted by molar-refractivity contribution is 0.102. The molecule has 0 saturated heterocycles. The summed E-state index contributed by atoms with van der Waals surface area (Å²) in [5, 5.41) is 2.77. The van der Waals surface area contributed by atoms with E-state index >= 15 is 0 Å². The predicted molar refractivity (Wildman–Crippen MR) is 121 cm³/mol. The molecule has 0 spiro atoms. The van der Waals surface area contributed by atoms with Crippen molar-refractivity contribution in [1.82, 2.24) is 9.36 Å². The van der Waals surface area contributed by atoms with E-state index in [0.29, 0.717) is 23.6 Å². The Morgan fingerprint density at radius 3 is 2.16 bits per heavy atom. The van der Waals surface area contributed by atoms with Crippen LogP contribution >= 0.6 is 0 Å². The lowest BCUT2D eigenvalue weighted by atomic mass is 10.2. The van der Waals surface area contributed by atoms with Crippen molar-refractivity contribution in [2.45, 2.75) is 13.5 Å². The molecule has 0 atom stereocenters. The highest BCUT2D eigenvalue weighted by molar-refractivity contribution is 6.04. The second-order valence-electron chi connectivity index (χ2n) is 7.19. The first-order valence-corrected chi connectivity index (χ1v) is 9.97. The molecule has 0 bridgehead atoms. The molecule has 6 nitrogen and oxygen atoms in total. The van der Waals surface area contributed by atoms with Crippen LogP contribution in [0.1, 0.15) is 21.6 Å². The standard InChI is InChI=1S/C25H23N3O3/c1-18-23(25(30)28(27(18)2)21-11-7-4-8-12-21)26-24(29)20-13-15-22(16-14-20)31-17-19-9-5-3-6-10-19/h3-16H,17H2,1-2H3,(H,26,29). The highest BCUT2D eigenvalue weighted by atomic mass is 16.5. The Labute approximate surface area is 180 Å². The molecule has 0 aliphatic rings. The van der Waals surface area contributed by atoms with Crippen LogP contribution in [0.15, 0.2) is 89.7 Å². The van der Waals surface area contributed by atoms with E-state index in [1.807, 2.05) is 60.7 Å². The summed E-state index contributed by atoms with van der Waals surface area (Å²) in [4.78, 5) is 25.7. The highest BCUT2D eigenvalue weighted by Gasteiger charge is 2.18. The molecule has 0 radical (unpaired) electrons. The van der Waals surface area contributed by atoms with E-state index in [0.717, 1.165) is 11.3 Å². The van der Waals surface area contributed by atoms with Crippen molar-refractivity contribution in [2.24, 2.45) is 7.05 Å². The third kappa shape index (κ3) is 4.28. The number of ether oxygens (including phenoxy) is 1. The van der Waals surface area contributed by atoms with E-state index in [1.54, 1.807) is 42.9 Å². The molecule has 4 aromatic rings. The number of para-hydroxylation sites is 1. The van der Waals surface area contributed by atoms with E-state index in [2.05, 4.69) is 5.32 Å². The van der Waals surface area contributed by atoms with Crippen molar-refractivity contribution in [3.63, 3.8) is 0 Å². The fourth-order valence-electron chi connectivity index (χ4n) is 3.34. The monoisotopic (exact) mass is 413 g/mol. The first-order valence-electron chi connectivity index (χ1n) is 9.97. The Bertz CT molecular complexity index is 1240. The van der Waals surface area contributed by atoms with Gasteiger partial charge in [0.1, 0.15) is 18.0 Å². The summed E-state index contributed by atoms with van der Waals surface area (Å²) in [7, 11) is 1.79. The second-order valence-corrected chi connectivity index (χ2v) is 7.19. The van der Waals surface area contributed by atoms with Crippen LogP contribution in [0.4, 0.5) is 5.69 Å². The molecule has 1 aromatic heterocycles. The van der Waals surface area contributed by atoms with Crippen molar-refractivity contribution >= 4 is 11.6 Å². The molecule has 0 aliphatic carbocycles. The van der Waals surface area contributed by atoms with Gasteiger partial charge >= 0.3 is 0 Å². The molecule has 0 fully saturated rings. The van der Waals surface area contributed by atoms with Gasteiger partial charge < -0.3 is 10.1 Å². The van der Waals surface area contributed by atoms with Crippen LogP contribution in [0.3, 0.4) is 0 Å². The van der Waals surface area contributed by atoms with E-state index in [-0.39, 0.29) is 17.2 Å². The van der Waals surface area contributed by atoms with Crippen LogP contribution in [-0.4, -0.2) is 15.3 Å². The molecule has 1 heterocycles. The topological polar surface area (TPSA) is 65.3 Å². The van der Waals surface area contributed by atoms with Gasteiger partial charge in [0.2, 0.25) is 0 Å². The largest absolute Gasteiger partial charge is 0.489 e. The van der Waals surface area contributed by atoms with Crippen LogP contribution in [-0.2, 0) is 13.7 Å². The molecule has 4 rings (SSSR count). The molecule has 3 aromatic carbocycles. The summed E-state index contributed by atoms with van der Waals surface area (Å²) in [6, 6.07) is 26.0. The fourth-order valence-corrected chi connectivity index (χ4v) is 3.34. The zero-order valence-electron chi connectivity index (χ0n) is 17.4. The minimum atomic E-state index is -0.347. The van der Waals surface area contributed by atoms with Crippen molar-refractivity contribution in [3.8, 4) is 11.4 Å². The summed E-state index contributed by atoms with van der Waals surface area (Å²) >= 11 is 0. The number of rotatable bonds is 6. The molecule has 1 N–H and O–H groups in total. The summed E-state index contributed by atoms with van der Waals surface area (Å²) in [5.41, 5.74) is 2.91. The van der Waals surface area contributed by atoms with Crippen LogP contribution in [0.2, 0.25) is 0 Å². The highest BCUT2D eigenvalue weighted by Crippen LogP contribution is 2.17. The number of carbonyl (C=O) groups is 1. The zero-order valence-corrected chi connectivity index (χ0v) is 17.4. The van der Waals surface area contributed by atoms with Gasteiger partial charge in [-0.1, -0.05) is 48.5 Å². The van der Waals surface area contributed by atoms with E-state index in [9.17, 15) is 9.59 Å². The quantitative estimate of drug-likeness (QED) is 0.512. The van der Waals surface area contributed by atoms with Gasteiger partial charge in [0.15, 0.2) is 0 Å². The Kier molecular flexibility index (Phi) is 5.71. The number of amides is 1. The normalized spacial score (nSPS) is 10.6. The molecule has 0 saturated carbocycles. The Hall–Kier alpha value is -4.06. The van der Waals surface area contributed by atoms with Gasteiger partial charge in [-0.05, 0) is 48.9 Å². The number of hydrogen-bond acceptors (Lipinski definition) is 3. The lowest BCUT2D eigenvalue weighted by Gasteiger charge is -2.08. The van der Waals surface area contributed by atoms with Gasteiger partial charge in [0, 0.05) is 12.6 Å². The molecular weight excluding hydrogens is 390 g/mol. The minimum Gasteiger partial charge on any atom is -0.489 e. The number of benzene rings is 3. The average Bonchev–Trinajstić information content (AvgIpc) is 3.02. The number of anilines is 1.